The molecule has 7 nitrogen and oxygen atoms in total. The molecule has 0 radical (unpaired) electrons. The van der Waals surface area contributed by atoms with Gasteiger partial charge >= 0.3 is 5.97 Å². The van der Waals surface area contributed by atoms with Crippen LogP contribution in [0.3, 0.4) is 0 Å². The summed E-state index contributed by atoms with van der Waals surface area (Å²) < 4.78 is 15.7. The Morgan fingerprint density at radius 3 is 2.52 bits per heavy atom. The lowest BCUT2D eigenvalue weighted by atomic mass is 10.1. The van der Waals surface area contributed by atoms with E-state index in [1.165, 1.54) is 4.68 Å². The summed E-state index contributed by atoms with van der Waals surface area (Å²) in [5.41, 5.74) is -0.311. The van der Waals surface area contributed by atoms with E-state index >= 15 is 0 Å². The number of aromatic carboxylic acids is 1. The number of hydrogen-bond donors (Lipinski definition) is 1. The molecular weight excluding hydrogens is 349 g/mol. The third-order valence-corrected chi connectivity index (χ3v) is 4.07. The Morgan fingerprint density at radius 2 is 2.10 bits per heavy atom. The van der Waals surface area contributed by atoms with Crippen LogP contribution in [0.25, 0.3) is 5.69 Å². The molecule has 0 aliphatic heterocycles. The van der Waals surface area contributed by atoms with E-state index < -0.39 is 28.0 Å². The number of aromatic nitrogens is 2. The molecule has 0 unspecified atom stereocenters. The molecule has 1 aromatic heterocycles. The number of benzene rings is 1. The van der Waals surface area contributed by atoms with Crippen LogP contribution in [-0.2, 0) is 0 Å². The summed E-state index contributed by atoms with van der Waals surface area (Å²) >= 11 is 3.27. The first-order valence-electron chi connectivity index (χ1n) is 5.67. The van der Waals surface area contributed by atoms with E-state index in [9.17, 15) is 19.3 Å². The molecule has 0 aliphatic carbocycles. The van der Waals surface area contributed by atoms with E-state index in [-0.39, 0.29) is 5.69 Å². The van der Waals surface area contributed by atoms with Gasteiger partial charge < -0.3 is 5.11 Å². The summed E-state index contributed by atoms with van der Waals surface area (Å²) in [5, 5.41) is 24.1. The average molecular weight is 358 g/mol. The number of rotatable bonds is 3. The highest BCUT2D eigenvalue weighted by atomic mass is 79.9. The second-order valence-corrected chi connectivity index (χ2v) is 5.07. The summed E-state index contributed by atoms with van der Waals surface area (Å²) in [7, 11) is 0. The van der Waals surface area contributed by atoms with Gasteiger partial charge in [-0.2, -0.15) is 5.10 Å². The third-order valence-electron chi connectivity index (χ3n) is 2.92. The molecule has 0 saturated heterocycles. The number of nitro benzene ring substituents is 1. The topological polar surface area (TPSA) is 98.3 Å². The molecule has 1 heterocycles. The van der Waals surface area contributed by atoms with E-state index in [1.54, 1.807) is 13.8 Å². The lowest BCUT2D eigenvalue weighted by molar-refractivity contribution is -0.384. The zero-order chi connectivity index (χ0) is 15.9. The molecule has 0 fully saturated rings. The molecule has 110 valence electrons. The number of nitro groups is 1. The monoisotopic (exact) mass is 357 g/mol. The molecular formula is C12H9BrFN3O4. The number of carboxylic acids is 1. The van der Waals surface area contributed by atoms with E-state index in [4.69, 9.17) is 5.11 Å². The number of nitrogens with zero attached hydrogens (tertiary/aromatic N) is 3. The first kappa shape index (κ1) is 15.1. The molecule has 1 N–H and O–H groups in total. The van der Waals surface area contributed by atoms with Gasteiger partial charge in [0.15, 0.2) is 0 Å². The highest BCUT2D eigenvalue weighted by Crippen LogP contribution is 2.30. The summed E-state index contributed by atoms with van der Waals surface area (Å²) in [6.45, 7) is 3.33. The van der Waals surface area contributed by atoms with E-state index in [2.05, 4.69) is 21.0 Å². The molecule has 0 spiro atoms. The molecule has 0 amide bonds. The Bertz CT molecular complexity index is 772. The summed E-state index contributed by atoms with van der Waals surface area (Å²) in [6.07, 6.45) is 0. The Balaban J connectivity index is 2.79. The van der Waals surface area contributed by atoms with Crippen molar-refractivity contribution in [1.29, 1.82) is 0 Å². The zero-order valence-electron chi connectivity index (χ0n) is 10.9. The third kappa shape index (κ3) is 2.51. The quantitative estimate of drug-likeness (QED) is 0.672. The van der Waals surface area contributed by atoms with Gasteiger partial charge in [-0.1, -0.05) is 0 Å². The Hall–Kier alpha value is -2.29. The molecule has 2 rings (SSSR count). The van der Waals surface area contributed by atoms with Gasteiger partial charge in [0.05, 0.1) is 20.8 Å². The van der Waals surface area contributed by atoms with Crippen molar-refractivity contribution in [2.75, 3.05) is 0 Å². The van der Waals surface area contributed by atoms with Gasteiger partial charge in [0.25, 0.3) is 5.69 Å². The fourth-order valence-corrected chi connectivity index (χ4v) is 2.14. The van der Waals surface area contributed by atoms with Gasteiger partial charge in [-0.25, -0.2) is 13.9 Å². The van der Waals surface area contributed by atoms with Crippen molar-refractivity contribution in [3.63, 3.8) is 0 Å². The van der Waals surface area contributed by atoms with Crippen LogP contribution in [0.15, 0.2) is 16.6 Å². The van der Waals surface area contributed by atoms with E-state index in [0.717, 1.165) is 6.07 Å². The van der Waals surface area contributed by atoms with Gasteiger partial charge in [-0.05, 0) is 29.8 Å². The van der Waals surface area contributed by atoms with Crippen LogP contribution in [0.5, 0.6) is 0 Å². The van der Waals surface area contributed by atoms with Crippen molar-refractivity contribution in [2.24, 2.45) is 0 Å². The predicted octanol–water partition coefficient (Wildman–Crippen LogP) is 3.00. The van der Waals surface area contributed by atoms with Crippen molar-refractivity contribution < 1.29 is 19.2 Å². The van der Waals surface area contributed by atoms with Gasteiger partial charge in [-0.3, -0.25) is 10.1 Å². The molecule has 0 saturated carbocycles. The van der Waals surface area contributed by atoms with Crippen molar-refractivity contribution in [2.45, 2.75) is 13.8 Å². The second kappa shape index (κ2) is 5.24. The molecule has 0 atom stereocenters. The van der Waals surface area contributed by atoms with E-state index in [1.807, 2.05) is 0 Å². The Labute approximate surface area is 126 Å². The Kier molecular flexibility index (Phi) is 3.77. The highest BCUT2D eigenvalue weighted by molar-refractivity contribution is 9.10. The Morgan fingerprint density at radius 1 is 1.48 bits per heavy atom. The van der Waals surface area contributed by atoms with Crippen LogP contribution in [0.2, 0.25) is 0 Å². The average Bonchev–Trinajstić information content (AvgIpc) is 2.65. The molecule has 21 heavy (non-hydrogen) atoms. The summed E-state index contributed by atoms with van der Waals surface area (Å²) in [5.74, 6) is -2.64. The maximum Gasteiger partial charge on any atom is 0.338 e. The van der Waals surface area contributed by atoms with Crippen LogP contribution in [0.1, 0.15) is 21.7 Å². The molecule has 0 aliphatic rings. The number of carboxylic acid groups (broad SMARTS) is 1. The molecule has 1 aromatic carbocycles. The minimum atomic E-state index is -1.57. The zero-order valence-corrected chi connectivity index (χ0v) is 12.5. The SMILES string of the molecule is Cc1nn(-c2cc(F)c(C(=O)O)cc2[N+](=O)[O-])c(C)c1Br. The number of aryl methyl sites for hydroxylation is 1. The van der Waals surface area contributed by atoms with Crippen molar-refractivity contribution in [3.05, 3.63) is 49.5 Å². The maximum absolute atomic E-state index is 13.8. The number of hydrogen-bond acceptors (Lipinski definition) is 4. The second-order valence-electron chi connectivity index (χ2n) is 4.28. The molecule has 9 heteroatoms. The standard InChI is InChI=1S/C12H9BrFN3O4/c1-5-11(13)6(2)16(15-5)9-4-8(14)7(12(18)19)3-10(9)17(20)21/h3-4H,1-2H3,(H,18,19). The lowest BCUT2D eigenvalue weighted by Gasteiger charge is -2.07. The largest absolute Gasteiger partial charge is 0.478 e. The minimum Gasteiger partial charge on any atom is -0.478 e. The number of halogens is 2. The normalized spacial score (nSPS) is 10.7. The molecule has 2 aromatic rings. The van der Waals surface area contributed by atoms with Gasteiger partial charge in [0.2, 0.25) is 0 Å². The number of carbonyl (C=O) groups is 1. The van der Waals surface area contributed by atoms with Gasteiger partial charge in [-0.15, -0.1) is 0 Å². The lowest BCUT2D eigenvalue weighted by Crippen LogP contribution is -2.08. The van der Waals surface area contributed by atoms with Crippen LogP contribution < -0.4 is 0 Å². The molecule has 0 bridgehead atoms. The van der Waals surface area contributed by atoms with Crippen molar-refractivity contribution >= 4 is 27.6 Å². The fraction of sp³-hybridized carbons (Fsp3) is 0.167. The van der Waals surface area contributed by atoms with Gasteiger partial charge in [0, 0.05) is 12.1 Å². The van der Waals surface area contributed by atoms with E-state index in [0.29, 0.717) is 21.9 Å². The van der Waals surface area contributed by atoms with Crippen LogP contribution >= 0.6 is 15.9 Å². The first-order chi connectivity index (χ1) is 9.73. The first-order valence-corrected chi connectivity index (χ1v) is 6.46. The van der Waals surface area contributed by atoms with Crippen molar-refractivity contribution in [1.82, 2.24) is 9.78 Å². The minimum absolute atomic E-state index is 0.131. The van der Waals surface area contributed by atoms with Crippen LogP contribution in [-0.4, -0.2) is 25.8 Å². The highest BCUT2D eigenvalue weighted by Gasteiger charge is 2.25. The van der Waals surface area contributed by atoms with Crippen LogP contribution in [0.4, 0.5) is 10.1 Å². The smallest absolute Gasteiger partial charge is 0.338 e. The summed E-state index contributed by atoms with van der Waals surface area (Å²) in [4.78, 5) is 21.2. The van der Waals surface area contributed by atoms with Gasteiger partial charge in [0.1, 0.15) is 17.1 Å². The van der Waals surface area contributed by atoms with Crippen molar-refractivity contribution in [3.8, 4) is 5.69 Å². The predicted molar refractivity (Wildman–Crippen MR) is 74.3 cm³/mol. The summed E-state index contributed by atoms with van der Waals surface area (Å²) in [6, 6.07) is 1.49. The fourth-order valence-electron chi connectivity index (χ4n) is 1.89. The van der Waals surface area contributed by atoms with Crippen LogP contribution in [0, 0.1) is 29.8 Å². The maximum atomic E-state index is 13.8.